The molecule has 3 rings (SSSR count). The normalized spacial score (nSPS) is 10.9. The summed E-state index contributed by atoms with van der Waals surface area (Å²) in [5.41, 5.74) is 3.98. The Hall–Kier alpha value is -3.12. The minimum atomic E-state index is -0.364. The molecule has 0 saturated carbocycles. The number of hydrogen-bond acceptors (Lipinski definition) is 4. The number of benzene rings is 3. The van der Waals surface area contributed by atoms with Crippen LogP contribution in [-0.2, 0) is 0 Å². The second-order valence-electron chi connectivity index (χ2n) is 5.96. The summed E-state index contributed by atoms with van der Waals surface area (Å²) < 4.78 is 1.87. The number of anilines is 1. The molecule has 136 valence electrons. The van der Waals surface area contributed by atoms with Crippen LogP contribution in [0.4, 0.5) is 17.1 Å². The Labute approximate surface area is 162 Å². The first kappa shape index (κ1) is 18.7. The van der Waals surface area contributed by atoms with E-state index in [0.29, 0.717) is 4.90 Å². The third-order valence-electron chi connectivity index (χ3n) is 4.03. The summed E-state index contributed by atoms with van der Waals surface area (Å²) in [7, 11) is 0. The molecule has 5 nitrogen and oxygen atoms in total. The van der Waals surface area contributed by atoms with Crippen molar-refractivity contribution in [2.24, 2.45) is 4.99 Å². The number of nitro groups is 1. The van der Waals surface area contributed by atoms with Crippen molar-refractivity contribution in [3.63, 3.8) is 0 Å². The summed E-state index contributed by atoms with van der Waals surface area (Å²) in [6, 6.07) is 22.4. The van der Waals surface area contributed by atoms with Gasteiger partial charge in [-0.15, -0.1) is 0 Å². The van der Waals surface area contributed by atoms with Crippen LogP contribution in [0.2, 0.25) is 0 Å². The highest BCUT2D eigenvalue weighted by molar-refractivity contribution is 8.01. The zero-order valence-corrected chi connectivity index (χ0v) is 15.9. The lowest BCUT2D eigenvalue weighted by Crippen LogP contribution is -2.13. The van der Waals surface area contributed by atoms with E-state index in [1.807, 2.05) is 66.7 Å². The maximum atomic E-state index is 11.4. The summed E-state index contributed by atoms with van der Waals surface area (Å²) >= 11 is 1.28. The standard InChI is InChI=1S/C21H19N3O2S/c1-16-9-3-5-11-18(16)22-15-23(19-12-6-4-10-17(19)2)27-21-14-8-7-13-20(21)24(25)26/h3-15H,1-2H3. The van der Waals surface area contributed by atoms with Crippen molar-refractivity contribution in [3.05, 3.63) is 94.0 Å². The molecule has 0 unspecified atom stereocenters. The molecule has 0 aliphatic heterocycles. The molecule has 0 aromatic heterocycles. The topological polar surface area (TPSA) is 58.7 Å². The molecule has 0 aliphatic rings. The molecule has 0 fully saturated rings. The van der Waals surface area contributed by atoms with Gasteiger partial charge in [-0.1, -0.05) is 48.5 Å². The Kier molecular flexibility index (Phi) is 5.88. The maximum Gasteiger partial charge on any atom is 0.284 e. The van der Waals surface area contributed by atoms with Crippen LogP contribution in [0, 0.1) is 24.0 Å². The average molecular weight is 377 g/mol. The zero-order valence-electron chi connectivity index (χ0n) is 15.1. The molecule has 0 heterocycles. The van der Waals surface area contributed by atoms with E-state index in [-0.39, 0.29) is 10.6 Å². The smallest absolute Gasteiger partial charge is 0.270 e. The Morgan fingerprint density at radius 1 is 0.926 bits per heavy atom. The SMILES string of the molecule is Cc1ccccc1N=CN(Sc1ccccc1[N+](=O)[O-])c1ccccc1C. The van der Waals surface area contributed by atoms with Crippen LogP contribution in [0.15, 0.2) is 82.7 Å². The molecule has 0 atom stereocenters. The van der Waals surface area contributed by atoms with E-state index < -0.39 is 0 Å². The van der Waals surface area contributed by atoms with Gasteiger partial charge in [-0.2, -0.15) is 0 Å². The van der Waals surface area contributed by atoms with E-state index in [4.69, 9.17) is 0 Å². The summed E-state index contributed by atoms with van der Waals surface area (Å²) in [6.45, 7) is 4.00. The van der Waals surface area contributed by atoms with Crippen LogP contribution in [0.3, 0.4) is 0 Å². The second-order valence-corrected chi connectivity index (χ2v) is 6.98. The molecule has 0 spiro atoms. The molecule has 0 amide bonds. The Bertz CT molecular complexity index is 988. The van der Waals surface area contributed by atoms with Crippen molar-refractivity contribution in [1.29, 1.82) is 0 Å². The fourth-order valence-electron chi connectivity index (χ4n) is 2.56. The first-order valence-electron chi connectivity index (χ1n) is 8.42. The van der Waals surface area contributed by atoms with E-state index in [9.17, 15) is 10.1 Å². The van der Waals surface area contributed by atoms with Gasteiger partial charge in [0.15, 0.2) is 0 Å². The van der Waals surface area contributed by atoms with Gasteiger partial charge in [0.05, 0.1) is 16.3 Å². The molecule has 0 aliphatic carbocycles. The summed E-state index contributed by atoms with van der Waals surface area (Å²) in [6.07, 6.45) is 1.71. The Morgan fingerprint density at radius 3 is 2.26 bits per heavy atom. The number of aryl methyl sites for hydroxylation is 2. The highest BCUT2D eigenvalue weighted by Gasteiger charge is 2.17. The van der Waals surface area contributed by atoms with E-state index in [1.54, 1.807) is 24.5 Å². The molecular formula is C21H19N3O2S. The summed E-state index contributed by atoms with van der Waals surface area (Å²) in [4.78, 5) is 16.2. The first-order valence-corrected chi connectivity index (χ1v) is 9.19. The van der Waals surface area contributed by atoms with Crippen molar-refractivity contribution in [2.45, 2.75) is 18.7 Å². The average Bonchev–Trinajstić information content (AvgIpc) is 2.67. The van der Waals surface area contributed by atoms with Crippen molar-refractivity contribution in [1.82, 2.24) is 0 Å². The molecule has 0 saturated heterocycles. The van der Waals surface area contributed by atoms with E-state index in [2.05, 4.69) is 4.99 Å². The monoisotopic (exact) mass is 377 g/mol. The lowest BCUT2D eigenvalue weighted by atomic mass is 10.2. The van der Waals surface area contributed by atoms with Gasteiger partial charge in [-0.25, -0.2) is 4.99 Å². The van der Waals surface area contributed by atoms with Gasteiger partial charge in [0.25, 0.3) is 5.69 Å². The number of nitrogens with zero attached hydrogens (tertiary/aromatic N) is 3. The van der Waals surface area contributed by atoms with Gasteiger partial charge in [0, 0.05) is 18.0 Å². The van der Waals surface area contributed by atoms with Crippen LogP contribution in [0.1, 0.15) is 11.1 Å². The Morgan fingerprint density at radius 2 is 1.56 bits per heavy atom. The lowest BCUT2D eigenvalue weighted by molar-refractivity contribution is -0.387. The van der Waals surface area contributed by atoms with Gasteiger partial charge in [-0.05, 0) is 43.2 Å². The number of para-hydroxylation sites is 3. The van der Waals surface area contributed by atoms with E-state index in [1.165, 1.54) is 18.0 Å². The third-order valence-corrected chi connectivity index (χ3v) is 5.06. The van der Waals surface area contributed by atoms with E-state index in [0.717, 1.165) is 22.5 Å². The van der Waals surface area contributed by atoms with Crippen LogP contribution < -0.4 is 4.31 Å². The van der Waals surface area contributed by atoms with Gasteiger partial charge in [-0.3, -0.25) is 14.4 Å². The first-order chi connectivity index (χ1) is 13.1. The van der Waals surface area contributed by atoms with E-state index >= 15 is 0 Å². The highest BCUT2D eigenvalue weighted by atomic mass is 32.2. The second kappa shape index (κ2) is 8.51. The van der Waals surface area contributed by atoms with Gasteiger partial charge in [0.1, 0.15) is 11.2 Å². The Balaban J connectivity index is 2.00. The maximum absolute atomic E-state index is 11.4. The number of hydrogen-bond donors (Lipinski definition) is 0. The third kappa shape index (κ3) is 4.54. The quantitative estimate of drug-likeness (QED) is 0.172. The van der Waals surface area contributed by atoms with Crippen molar-refractivity contribution >= 4 is 35.3 Å². The minimum Gasteiger partial charge on any atom is -0.270 e. The van der Waals surface area contributed by atoms with Gasteiger partial charge in [0.2, 0.25) is 0 Å². The van der Waals surface area contributed by atoms with Crippen LogP contribution in [0.25, 0.3) is 0 Å². The number of aliphatic imine (C=N–C) groups is 1. The molecule has 0 N–H and O–H groups in total. The van der Waals surface area contributed by atoms with Crippen LogP contribution >= 0.6 is 11.9 Å². The predicted molar refractivity (Wildman–Crippen MR) is 112 cm³/mol. The van der Waals surface area contributed by atoms with Crippen molar-refractivity contribution in [3.8, 4) is 0 Å². The molecule has 0 bridgehead atoms. The van der Waals surface area contributed by atoms with Crippen LogP contribution in [-0.4, -0.2) is 11.3 Å². The molecular weight excluding hydrogens is 358 g/mol. The fourth-order valence-corrected chi connectivity index (χ4v) is 3.54. The highest BCUT2D eigenvalue weighted by Crippen LogP contribution is 2.35. The summed E-state index contributed by atoms with van der Waals surface area (Å²) in [5, 5.41) is 11.4. The lowest BCUT2D eigenvalue weighted by Gasteiger charge is -2.20. The fraction of sp³-hybridized carbons (Fsp3) is 0.0952. The molecule has 6 heteroatoms. The van der Waals surface area contributed by atoms with Gasteiger partial charge >= 0.3 is 0 Å². The van der Waals surface area contributed by atoms with Crippen molar-refractivity contribution < 1.29 is 4.92 Å². The number of rotatable bonds is 6. The molecule has 3 aromatic carbocycles. The van der Waals surface area contributed by atoms with Crippen LogP contribution in [0.5, 0.6) is 0 Å². The molecule has 3 aromatic rings. The largest absolute Gasteiger partial charge is 0.284 e. The predicted octanol–water partition coefficient (Wildman–Crippen LogP) is 6.09. The molecule has 0 radical (unpaired) electrons. The minimum absolute atomic E-state index is 0.0744. The summed E-state index contributed by atoms with van der Waals surface area (Å²) in [5.74, 6) is 0. The number of nitro benzene ring substituents is 1. The zero-order chi connectivity index (χ0) is 19.2. The van der Waals surface area contributed by atoms with Crippen molar-refractivity contribution in [2.75, 3.05) is 4.31 Å². The molecule has 27 heavy (non-hydrogen) atoms. The van der Waals surface area contributed by atoms with Gasteiger partial charge < -0.3 is 0 Å².